The predicted octanol–water partition coefficient (Wildman–Crippen LogP) is -0.201. The van der Waals surface area contributed by atoms with E-state index in [1.54, 1.807) is 6.92 Å². The number of nitrogens with one attached hydrogen (secondary N) is 1. The summed E-state index contributed by atoms with van der Waals surface area (Å²) in [5, 5.41) is 0. The number of hydrogen-bond donors (Lipinski definition) is 1. The summed E-state index contributed by atoms with van der Waals surface area (Å²) in [7, 11) is 0. The summed E-state index contributed by atoms with van der Waals surface area (Å²) < 4.78 is 0. The van der Waals surface area contributed by atoms with Crippen molar-refractivity contribution in [1.82, 2.24) is 10.4 Å². The molecule has 0 aliphatic carbocycles. The van der Waals surface area contributed by atoms with E-state index in [2.05, 4.69) is 17.3 Å². The molecule has 2 heterocycles. The first kappa shape index (κ1) is 9.12. The molecule has 2 aliphatic rings. The lowest BCUT2D eigenvalue weighted by molar-refractivity contribution is -0.122. The molecule has 74 valence electrons. The Morgan fingerprint density at radius 2 is 2.46 bits per heavy atom. The van der Waals surface area contributed by atoms with Gasteiger partial charge in [0.2, 0.25) is 0 Å². The minimum atomic E-state index is 0.0741. The van der Waals surface area contributed by atoms with Crippen molar-refractivity contribution in [2.45, 2.75) is 26.0 Å². The number of ketones is 1. The number of carbonyl (C=O) groups excluding carboxylic acids is 1. The van der Waals surface area contributed by atoms with Crippen LogP contribution in [0.2, 0.25) is 0 Å². The van der Waals surface area contributed by atoms with E-state index in [1.807, 2.05) is 0 Å². The Morgan fingerprint density at radius 3 is 3.08 bits per heavy atom. The summed E-state index contributed by atoms with van der Waals surface area (Å²) >= 11 is 0. The third-order valence-electron chi connectivity index (χ3n) is 3.07. The van der Waals surface area contributed by atoms with Crippen molar-refractivity contribution in [3.05, 3.63) is 0 Å². The number of rotatable bonds is 2. The van der Waals surface area contributed by atoms with Gasteiger partial charge in [0.1, 0.15) is 5.78 Å². The second-order valence-corrected chi connectivity index (χ2v) is 3.81. The third-order valence-corrected chi connectivity index (χ3v) is 3.07. The highest BCUT2D eigenvalue weighted by molar-refractivity contribution is 5.82. The molecule has 0 spiro atoms. The molecule has 0 aromatic rings. The highest BCUT2D eigenvalue weighted by Crippen LogP contribution is 2.29. The lowest BCUT2D eigenvalue weighted by Crippen LogP contribution is -2.40. The summed E-state index contributed by atoms with van der Waals surface area (Å²) in [6.45, 7) is 6.39. The van der Waals surface area contributed by atoms with Gasteiger partial charge in [-0.1, -0.05) is 6.92 Å². The highest BCUT2D eigenvalue weighted by atomic mass is 16.7. The van der Waals surface area contributed by atoms with Gasteiger partial charge in [0.05, 0.1) is 12.1 Å². The van der Waals surface area contributed by atoms with Crippen LogP contribution in [0, 0.1) is 5.92 Å². The largest absolute Gasteiger partial charge is 0.298 e. The van der Waals surface area contributed by atoms with E-state index >= 15 is 0 Å². The molecule has 4 heteroatoms. The predicted molar refractivity (Wildman–Crippen MR) is 48.1 cm³/mol. The molecule has 2 rings (SSSR count). The average molecular weight is 184 g/mol. The zero-order valence-corrected chi connectivity index (χ0v) is 8.12. The van der Waals surface area contributed by atoms with Crippen molar-refractivity contribution in [3.63, 3.8) is 0 Å². The zero-order valence-electron chi connectivity index (χ0n) is 8.12. The van der Waals surface area contributed by atoms with Crippen molar-refractivity contribution in [1.29, 1.82) is 0 Å². The maximum atomic E-state index is 11.4. The van der Waals surface area contributed by atoms with E-state index < -0.39 is 0 Å². The molecule has 0 saturated carbocycles. The minimum absolute atomic E-state index is 0.0741. The van der Waals surface area contributed by atoms with Crippen LogP contribution < -0.4 is 5.48 Å². The molecule has 13 heavy (non-hydrogen) atoms. The molecule has 4 nitrogen and oxygen atoms in total. The SMILES string of the molecule is CCN1CC2ONCC2C1C(C)=O. The lowest BCUT2D eigenvalue weighted by Gasteiger charge is -2.22. The third kappa shape index (κ3) is 1.39. The fourth-order valence-corrected chi connectivity index (χ4v) is 2.46. The number of fused-ring (bicyclic) bond motifs is 1. The normalized spacial score (nSPS) is 39.4. The molecule has 1 N–H and O–H groups in total. The monoisotopic (exact) mass is 184 g/mol. The quantitative estimate of drug-likeness (QED) is 0.645. The number of nitrogens with zero attached hydrogens (tertiary/aromatic N) is 1. The van der Waals surface area contributed by atoms with Gasteiger partial charge in [-0.05, 0) is 13.5 Å². The maximum absolute atomic E-state index is 11.4. The fraction of sp³-hybridized carbons (Fsp3) is 0.889. The number of hydroxylamine groups is 1. The second-order valence-electron chi connectivity index (χ2n) is 3.81. The van der Waals surface area contributed by atoms with E-state index in [4.69, 9.17) is 4.84 Å². The summed E-state index contributed by atoms with van der Waals surface area (Å²) in [6, 6.07) is 0.0741. The molecular formula is C9H16N2O2. The van der Waals surface area contributed by atoms with Gasteiger partial charge in [-0.2, -0.15) is 0 Å². The molecule has 2 aliphatic heterocycles. The van der Waals surface area contributed by atoms with Crippen molar-refractivity contribution in [2.75, 3.05) is 19.6 Å². The van der Waals surface area contributed by atoms with Gasteiger partial charge in [0.15, 0.2) is 0 Å². The average Bonchev–Trinajstić information content (AvgIpc) is 2.59. The van der Waals surface area contributed by atoms with Gasteiger partial charge >= 0.3 is 0 Å². The topological polar surface area (TPSA) is 41.6 Å². The number of carbonyl (C=O) groups is 1. The summed E-state index contributed by atoms with van der Waals surface area (Å²) in [5.74, 6) is 0.624. The molecule has 3 atom stereocenters. The van der Waals surface area contributed by atoms with Crippen LogP contribution in [0.15, 0.2) is 0 Å². The van der Waals surface area contributed by atoms with Crippen LogP contribution in [-0.2, 0) is 9.63 Å². The summed E-state index contributed by atoms with van der Waals surface area (Å²) in [4.78, 5) is 19.0. The van der Waals surface area contributed by atoms with Crippen LogP contribution in [0.25, 0.3) is 0 Å². The van der Waals surface area contributed by atoms with Crippen molar-refractivity contribution in [2.24, 2.45) is 5.92 Å². The first-order valence-corrected chi connectivity index (χ1v) is 4.87. The van der Waals surface area contributed by atoms with Crippen molar-refractivity contribution >= 4 is 5.78 Å². The van der Waals surface area contributed by atoms with Crippen molar-refractivity contribution < 1.29 is 9.63 Å². The van der Waals surface area contributed by atoms with Gasteiger partial charge in [-0.15, -0.1) is 0 Å². The molecule has 3 unspecified atom stereocenters. The molecule has 2 saturated heterocycles. The molecule has 0 amide bonds. The van der Waals surface area contributed by atoms with Crippen LogP contribution >= 0.6 is 0 Å². The summed E-state index contributed by atoms with van der Waals surface area (Å²) in [5.41, 5.74) is 2.87. The molecular weight excluding hydrogens is 168 g/mol. The Kier molecular flexibility index (Phi) is 2.36. The Hall–Kier alpha value is -0.450. The fourth-order valence-electron chi connectivity index (χ4n) is 2.46. The standard InChI is InChI=1S/C9H16N2O2/c1-3-11-5-8-7(4-10-13-8)9(11)6(2)12/h7-10H,3-5H2,1-2H3. The van der Waals surface area contributed by atoms with Gasteiger partial charge in [0, 0.05) is 19.0 Å². The van der Waals surface area contributed by atoms with Crippen molar-refractivity contribution in [3.8, 4) is 0 Å². The first-order chi connectivity index (χ1) is 6.24. The molecule has 0 radical (unpaired) electrons. The van der Waals surface area contributed by atoms with Crippen LogP contribution in [0.3, 0.4) is 0 Å². The van der Waals surface area contributed by atoms with Gasteiger partial charge in [-0.25, -0.2) is 5.48 Å². The van der Waals surface area contributed by atoms with Crippen LogP contribution in [0.1, 0.15) is 13.8 Å². The summed E-state index contributed by atoms with van der Waals surface area (Å²) in [6.07, 6.45) is 0.217. The number of likely N-dealkylation sites (tertiary alicyclic amines) is 1. The Morgan fingerprint density at radius 1 is 1.69 bits per heavy atom. The van der Waals surface area contributed by atoms with Crippen LogP contribution in [0.5, 0.6) is 0 Å². The van der Waals surface area contributed by atoms with Gasteiger partial charge in [-0.3, -0.25) is 14.5 Å². The second kappa shape index (κ2) is 3.36. The smallest absolute Gasteiger partial charge is 0.147 e. The van der Waals surface area contributed by atoms with Crippen LogP contribution in [0.4, 0.5) is 0 Å². The van der Waals surface area contributed by atoms with E-state index in [0.717, 1.165) is 19.6 Å². The molecule has 2 fully saturated rings. The van der Waals surface area contributed by atoms with Gasteiger partial charge in [0.25, 0.3) is 0 Å². The van der Waals surface area contributed by atoms with E-state index in [-0.39, 0.29) is 17.9 Å². The van der Waals surface area contributed by atoms with E-state index in [0.29, 0.717) is 5.92 Å². The number of likely N-dealkylation sites (N-methyl/N-ethyl adjacent to an activating group) is 1. The zero-order chi connectivity index (χ0) is 9.42. The number of hydrogen-bond acceptors (Lipinski definition) is 4. The Balaban J connectivity index is 2.14. The first-order valence-electron chi connectivity index (χ1n) is 4.87. The van der Waals surface area contributed by atoms with Crippen LogP contribution in [-0.4, -0.2) is 42.5 Å². The van der Waals surface area contributed by atoms with E-state index in [9.17, 15) is 4.79 Å². The Labute approximate surface area is 78.2 Å². The molecule has 0 bridgehead atoms. The molecule has 0 aromatic heterocycles. The lowest BCUT2D eigenvalue weighted by atomic mass is 9.96. The maximum Gasteiger partial charge on any atom is 0.147 e. The number of Topliss-reactive ketones (excluding diaryl/α,β-unsaturated/α-hetero) is 1. The van der Waals surface area contributed by atoms with Gasteiger partial charge < -0.3 is 0 Å². The van der Waals surface area contributed by atoms with E-state index in [1.165, 1.54) is 0 Å². The minimum Gasteiger partial charge on any atom is -0.298 e. The molecule has 0 aromatic carbocycles. The Bertz CT molecular complexity index is 220. The highest BCUT2D eigenvalue weighted by Gasteiger charge is 2.46.